The number of allylic oxidation sites excluding steroid dienone is 1. The summed E-state index contributed by atoms with van der Waals surface area (Å²) < 4.78 is 5.92. The molecule has 0 aliphatic heterocycles. The van der Waals surface area contributed by atoms with Crippen LogP contribution in [0.15, 0.2) is 36.4 Å². The van der Waals surface area contributed by atoms with E-state index in [4.69, 9.17) is 21.4 Å². The van der Waals surface area contributed by atoms with Gasteiger partial charge in [-0.2, -0.15) is 15.1 Å². The Hall–Kier alpha value is -3.56. The summed E-state index contributed by atoms with van der Waals surface area (Å²) >= 11 is 6.54. The Kier molecular flexibility index (Phi) is 6.06. The van der Waals surface area contributed by atoms with Crippen LogP contribution in [0.2, 0.25) is 5.02 Å². The second-order valence-electron chi connectivity index (χ2n) is 6.80. The lowest BCUT2D eigenvalue weighted by Crippen LogP contribution is -2.09. The Bertz CT molecular complexity index is 1230. The van der Waals surface area contributed by atoms with Crippen molar-refractivity contribution < 1.29 is 9.84 Å². The lowest BCUT2D eigenvalue weighted by molar-refractivity contribution is 0.311. The predicted molar refractivity (Wildman–Crippen MR) is 122 cm³/mol. The number of rotatable bonds is 8. The van der Waals surface area contributed by atoms with Crippen LogP contribution in [0.25, 0.3) is 17.0 Å². The first-order chi connectivity index (χ1) is 15.1. The van der Waals surface area contributed by atoms with Gasteiger partial charge in [0.15, 0.2) is 5.82 Å². The van der Waals surface area contributed by atoms with E-state index in [1.807, 2.05) is 44.2 Å². The first kappa shape index (κ1) is 20.7. The first-order valence-corrected chi connectivity index (χ1v) is 10.1. The number of anilines is 3. The van der Waals surface area contributed by atoms with Crippen LogP contribution < -0.4 is 15.4 Å². The minimum absolute atomic E-state index is 0.0373. The molecule has 0 fully saturated rings. The molecule has 9 nitrogen and oxygen atoms in total. The molecule has 1 aromatic carbocycles. The molecule has 0 spiro atoms. The molecule has 3 aromatic heterocycles. The summed E-state index contributed by atoms with van der Waals surface area (Å²) in [4.78, 5) is 12.0. The number of aryl methyl sites for hydroxylation is 1. The molecule has 10 heteroatoms. The van der Waals surface area contributed by atoms with Crippen molar-refractivity contribution in [3.8, 4) is 11.8 Å². The molecule has 0 saturated carbocycles. The molecule has 0 radical (unpaired) electrons. The van der Waals surface area contributed by atoms with E-state index in [1.165, 1.54) is 0 Å². The van der Waals surface area contributed by atoms with Gasteiger partial charge in [-0.05, 0) is 38.1 Å². The highest BCUT2D eigenvalue weighted by Crippen LogP contribution is 2.35. The minimum Gasteiger partial charge on any atom is -0.423 e. The Morgan fingerprint density at radius 2 is 2.00 bits per heavy atom. The number of ether oxygens (including phenoxy) is 1. The van der Waals surface area contributed by atoms with Gasteiger partial charge in [0.05, 0.1) is 17.3 Å². The van der Waals surface area contributed by atoms with E-state index in [2.05, 4.69) is 35.8 Å². The number of fused-ring (bicyclic) bond motifs is 1. The van der Waals surface area contributed by atoms with E-state index < -0.39 is 0 Å². The standard InChI is InChI=1S/C21H22ClN7O2/c1-3-4-13-10-19(29-28-13)25-18-11-17(23-7-8-30)26-21(27-18)31-16-6-5-15-14(20(16)22)9-12(2)24-15/h3-6,9-11,24,30H,7-8H2,1-2H3,(H3,23,25,26,27,28,29)/b4-3+. The highest BCUT2D eigenvalue weighted by molar-refractivity contribution is 6.37. The Morgan fingerprint density at radius 1 is 1.16 bits per heavy atom. The fourth-order valence-corrected chi connectivity index (χ4v) is 3.33. The number of aromatic nitrogens is 5. The summed E-state index contributed by atoms with van der Waals surface area (Å²) in [5, 5.41) is 23.7. The molecule has 31 heavy (non-hydrogen) atoms. The second-order valence-corrected chi connectivity index (χ2v) is 7.18. The molecule has 0 bridgehead atoms. The normalized spacial score (nSPS) is 11.4. The van der Waals surface area contributed by atoms with Crippen LogP contribution in [-0.2, 0) is 0 Å². The lowest BCUT2D eigenvalue weighted by atomic mass is 10.2. The average Bonchev–Trinajstić information content (AvgIpc) is 3.35. The third kappa shape index (κ3) is 4.79. The number of hydrogen-bond donors (Lipinski definition) is 5. The van der Waals surface area contributed by atoms with E-state index in [0.717, 1.165) is 22.3 Å². The Labute approximate surface area is 183 Å². The first-order valence-electron chi connectivity index (χ1n) is 9.70. The molecule has 0 unspecified atom stereocenters. The third-order valence-electron chi connectivity index (χ3n) is 4.36. The Morgan fingerprint density at radius 3 is 2.81 bits per heavy atom. The molecule has 3 heterocycles. The lowest BCUT2D eigenvalue weighted by Gasteiger charge is -2.11. The summed E-state index contributed by atoms with van der Waals surface area (Å²) in [6.45, 7) is 4.19. The quantitative estimate of drug-likeness (QED) is 0.271. The van der Waals surface area contributed by atoms with E-state index >= 15 is 0 Å². The van der Waals surface area contributed by atoms with Crippen molar-refractivity contribution in [2.24, 2.45) is 0 Å². The summed E-state index contributed by atoms with van der Waals surface area (Å²) in [6.07, 6.45) is 3.82. The maximum atomic E-state index is 9.14. The molecular weight excluding hydrogens is 418 g/mol. The number of nitrogens with one attached hydrogen (secondary N) is 4. The van der Waals surface area contributed by atoms with Crippen molar-refractivity contribution in [1.29, 1.82) is 0 Å². The summed E-state index contributed by atoms with van der Waals surface area (Å²) in [7, 11) is 0. The monoisotopic (exact) mass is 439 g/mol. The van der Waals surface area contributed by atoms with Crippen molar-refractivity contribution >= 4 is 46.0 Å². The number of benzene rings is 1. The molecule has 0 amide bonds. The van der Waals surface area contributed by atoms with Crippen molar-refractivity contribution in [2.45, 2.75) is 13.8 Å². The smallest absolute Gasteiger partial charge is 0.325 e. The van der Waals surface area contributed by atoms with Gasteiger partial charge < -0.3 is 25.5 Å². The highest BCUT2D eigenvalue weighted by Gasteiger charge is 2.13. The maximum Gasteiger partial charge on any atom is 0.325 e. The number of aliphatic hydroxyl groups excluding tert-OH is 1. The molecular formula is C21H22ClN7O2. The number of aliphatic hydroxyl groups is 1. The fraction of sp³-hybridized carbons (Fsp3) is 0.190. The fourth-order valence-electron chi connectivity index (χ4n) is 3.07. The van der Waals surface area contributed by atoms with Crippen molar-refractivity contribution in [3.63, 3.8) is 0 Å². The van der Waals surface area contributed by atoms with Gasteiger partial charge in [-0.25, -0.2) is 0 Å². The van der Waals surface area contributed by atoms with Crippen LogP contribution in [-0.4, -0.2) is 43.4 Å². The van der Waals surface area contributed by atoms with E-state index in [9.17, 15) is 0 Å². The van der Waals surface area contributed by atoms with Crippen molar-refractivity contribution in [1.82, 2.24) is 25.1 Å². The van der Waals surface area contributed by atoms with Gasteiger partial charge in [0.1, 0.15) is 17.4 Å². The Balaban J connectivity index is 1.64. The topological polar surface area (TPSA) is 124 Å². The second kappa shape index (κ2) is 9.07. The molecule has 0 aliphatic carbocycles. The van der Waals surface area contributed by atoms with Crippen LogP contribution in [0.5, 0.6) is 11.8 Å². The van der Waals surface area contributed by atoms with Gasteiger partial charge in [0.2, 0.25) is 0 Å². The molecule has 160 valence electrons. The van der Waals surface area contributed by atoms with Gasteiger partial charge in [0.25, 0.3) is 0 Å². The van der Waals surface area contributed by atoms with Crippen LogP contribution in [0.1, 0.15) is 18.3 Å². The third-order valence-corrected chi connectivity index (χ3v) is 4.75. The van der Waals surface area contributed by atoms with Gasteiger partial charge in [-0.3, -0.25) is 5.10 Å². The highest BCUT2D eigenvalue weighted by atomic mass is 35.5. The molecule has 0 aliphatic rings. The van der Waals surface area contributed by atoms with E-state index in [-0.39, 0.29) is 12.6 Å². The number of H-pyrrole nitrogens is 2. The van der Waals surface area contributed by atoms with E-state index in [0.29, 0.717) is 34.8 Å². The van der Waals surface area contributed by atoms with Crippen LogP contribution in [0, 0.1) is 6.92 Å². The minimum atomic E-state index is -0.0373. The molecule has 0 saturated heterocycles. The maximum absolute atomic E-state index is 9.14. The van der Waals surface area contributed by atoms with Crippen molar-refractivity contribution in [2.75, 3.05) is 23.8 Å². The molecule has 5 N–H and O–H groups in total. The molecule has 4 rings (SSSR count). The molecule has 4 aromatic rings. The zero-order chi connectivity index (χ0) is 21.8. The summed E-state index contributed by atoms with van der Waals surface area (Å²) in [5.41, 5.74) is 2.78. The summed E-state index contributed by atoms with van der Waals surface area (Å²) in [5.74, 6) is 1.99. The summed E-state index contributed by atoms with van der Waals surface area (Å²) in [6, 6.07) is 9.26. The zero-order valence-corrected chi connectivity index (χ0v) is 17.8. The molecule has 0 atom stereocenters. The number of nitrogens with zero attached hydrogens (tertiary/aromatic N) is 3. The van der Waals surface area contributed by atoms with Crippen molar-refractivity contribution in [3.05, 3.63) is 52.8 Å². The zero-order valence-electron chi connectivity index (χ0n) is 17.0. The van der Waals surface area contributed by atoms with Gasteiger partial charge in [0, 0.05) is 35.3 Å². The number of aromatic amines is 2. The van der Waals surface area contributed by atoms with Crippen LogP contribution in [0.3, 0.4) is 0 Å². The number of hydrogen-bond acceptors (Lipinski definition) is 7. The van der Waals surface area contributed by atoms with E-state index in [1.54, 1.807) is 12.1 Å². The van der Waals surface area contributed by atoms with Gasteiger partial charge in [-0.1, -0.05) is 17.7 Å². The van der Waals surface area contributed by atoms with Crippen LogP contribution in [0.4, 0.5) is 17.5 Å². The average molecular weight is 440 g/mol. The van der Waals surface area contributed by atoms with Gasteiger partial charge >= 0.3 is 6.01 Å². The van der Waals surface area contributed by atoms with Crippen LogP contribution >= 0.6 is 11.6 Å². The predicted octanol–water partition coefficient (Wildman–Crippen LogP) is 4.62. The SMILES string of the molecule is C/C=C/c1cc(Nc2cc(NCCO)nc(Oc3ccc4[nH]c(C)cc4c3Cl)n2)n[nH]1. The largest absolute Gasteiger partial charge is 0.423 e. The number of halogens is 1. The van der Waals surface area contributed by atoms with Gasteiger partial charge in [-0.15, -0.1) is 0 Å².